The average Bonchev–Trinajstić information content (AvgIpc) is 2.85. The molecule has 3 heteroatoms. The molecule has 4 aromatic rings. The number of carbonyl (C=O) groups excluding carboxylic acids is 1. The second-order valence-electron chi connectivity index (χ2n) is 8.39. The zero-order valence-corrected chi connectivity index (χ0v) is 18.6. The lowest BCUT2D eigenvalue weighted by Crippen LogP contribution is -2.17. The van der Waals surface area contributed by atoms with Gasteiger partial charge in [-0.2, -0.15) is 0 Å². The number of fused-ring (bicyclic) bond motifs is 4. The van der Waals surface area contributed by atoms with Crippen LogP contribution in [0.25, 0.3) is 21.5 Å². The molecule has 0 amide bonds. The number of rotatable bonds is 7. The highest BCUT2D eigenvalue weighted by Gasteiger charge is 2.28. The van der Waals surface area contributed by atoms with E-state index in [2.05, 4.69) is 49.6 Å². The Kier molecular flexibility index (Phi) is 5.70. The summed E-state index contributed by atoms with van der Waals surface area (Å²) in [6.07, 6.45) is 4.86. The minimum Gasteiger partial charge on any atom is -0.490 e. The Bertz CT molecular complexity index is 1380. The van der Waals surface area contributed by atoms with Crippen molar-refractivity contribution >= 4 is 27.3 Å². The number of carbonyl (C=O) groups is 1. The zero-order valence-electron chi connectivity index (χ0n) is 18.6. The summed E-state index contributed by atoms with van der Waals surface area (Å²) < 4.78 is 11.4. The molecule has 0 aliphatic heterocycles. The summed E-state index contributed by atoms with van der Waals surface area (Å²) in [5, 5.41) is 4.50. The van der Waals surface area contributed by atoms with Crippen molar-refractivity contribution in [1.82, 2.24) is 0 Å². The van der Waals surface area contributed by atoms with Gasteiger partial charge in [-0.15, -0.1) is 0 Å². The first-order valence-electron chi connectivity index (χ1n) is 11.3. The monoisotopic (exact) mass is 434 g/mol. The largest absolute Gasteiger partial charge is 0.490 e. The quantitative estimate of drug-likeness (QED) is 0.288. The molecule has 0 bridgehead atoms. The first-order chi connectivity index (χ1) is 16.2. The first-order valence-corrected chi connectivity index (χ1v) is 11.3. The molecule has 3 nitrogen and oxygen atoms in total. The Balaban J connectivity index is 1.58. The summed E-state index contributed by atoms with van der Waals surface area (Å²) in [5.41, 5.74) is 3.20. The number of ether oxygens (including phenoxy) is 2. The molecule has 33 heavy (non-hydrogen) atoms. The van der Waals surface area contributed by atoms with Crippen LogP contribution < -0.4 is 9.47 Å². The topological polar surface area (TPSA) is 35.5 Å². The van der Waals surface area contributed by atoms with Crippen LogP contribution >= 0.6 is 0 Å². The van der Waals surface area contributed by atoms with Gasteiger partial charge in [-0.25, -0.2) is 0 Å². The van der Waals surface area contributed by atoms with Crippen LogP contribution in [0.1, 0.15) is 40.2 Å². The van der Waals surface area contributed by atoms with Gasteiger partial charge in [0.2, 0.25) is 0 Å². The van der Waals surface area contributed by atoms with E-state index in [4.69, 9.17) is 9.47 Å². The lowest BCUT2D eigenvalue weighted by Gasteiger charge is -2.27. The van der Waals surface area contributed by atoms with E-state index < -0.39 is 0 Å². The molecular weight excluding hydrogens is 408 g/mol. The highest BCUT2D eigenvalue weighted by atomic mass is 16.5. The molecule has 1 atom stereocenters. The minimum atomic E-state index is 0.169. The number of Topliss-reactive ketones (excluding diaryl/α,β-unsaturated/α-hetero) is 1. The second kappa shape index (κ2) is 8.95. The van der Waals surface area contributed by atoms with Gasteiger partial charge in [0.15, 0.2) is 5.78 Å². The molecular formula is C30H26O3. The Morgan fingerprint density at radius 1 is 0.788 bits per heavy atom. The van der Waals surface area contributed by atoms with E-state index >= 15 is 0 Å². The third-order valence-corrected chi connectivity index (χ3v) is 6.32. The van der Waals surface area contributed by atoms with Crippen LogP contribution in [0.2, 0.25) is 0 Å². The Hall–Kier alpha value is -3.85. The van der Waals surface area contributed by atoms with E-state index in [9.17, 15) is 4.79 Å². The summed E-state index contributed by atoms with van der Waals surface area (Å²) in [6, 6.07) is 22.8. The van der Waals surface area contributed by atoms with Gasteiger partial charge in [-0.3, -0.25) is 4.79 Å². The van der Waals surface area contributed by atoms with Crippen molar-refractivity contribution in [2.24, 2.45) is 0 Å². The van der Waals surface area contributed by atoms with Gasteiger partial charge in [-0.05, 0) is 63.4 Å². The van der Waals surface area contributed by atoms with Gasteiger partial charge >= 0.3 is 0 Å². The zero-order chi connectivity index (χ0) is 22.8. The summed E-state index contributed by atoms with van der Waals surface area (Å²) >= 11 is 0. The van der Waals surface area contributed by atoms with Crippen molar-refractivity contribution in [3.63, 3.8) is 0 Å². The van der Waals surface area contributed by atoms with Gasteiger partial charge in [-0.1, -0.05) is 67.8 Å². The SMILES string of the molecule is C=CCOc1ccc2cc(C3CCC(=O)c4ccc5cc(OCC=C)ccc5c43)ccc2c1. The summed E-state index contributed by atoms with van der Waals surface area (Å²) in [7, 11) is 0. The fourth-order valence-corrected chi connectivity index (χ4v) is 4.79. The van der Waals surface area contributed by atoms with Gasteiger partial charge in [0.05, 0.1) is 0 Å². The maximum absolute atomic E-state index is 12.8. The highest BCUT2D eigenvalue weighted by Crippen LogP contribution is 2.42. The molecule has 164 valence electrons. The van der Waals surface area contributed by atoms with Crippen LogP contribution in [0.15, 0.2) is 92.0 Å². The maximum atomic E-state index is 12.8. The maximum Gasteiger partial charge on any atom is 0.163 e. The number of ketones is 1. The van der Waals surface area contributed by atoms with Crippen LogP contribution in [0.4, 0.5) is 0 Å². The molecule has 4 aromatic carbocycles. The number of benzene rings is 4. The van der Waals surface area contributed by atoms with Crippen molar-refractivity contribution in [2.75, 3.05) is 13.2 Å². The highest BCUT2D eigenvalue weighted by molar-refractivity contribution is 6.05. The number of hydrogen-bond acceptors (Lipinski definition) is 3. The molecule has 0 N–H and O–H groups in total. The molecule has 0 spiro atoms. The van der Waals surface area contributed by atoms with Crippen molar-refractivity contribution in [2.45, 2.75) is 18.8 Å². The van der Waals surface area contributed by atoms with Gasteiger partial charge in [0, 0.05) is 17.9 Å². The third-order valence-electron chi connectivity index (χ3n) is 6.32. The van der Waals surface area contributed by atoms with Crippen molar-refractivity contribution in [3.05, 3.63) is 109 Å². The van der Waals surface area contributed by atoms with E-state index in [0.717, 1.165) is 50.6 Å². The van der Waals surface area contributed by atoms with E-state index in [0.29, 0.717) is 19.6 Å². The molecule has 5 rings (SSSR count). The molecule has 0 saturated carbocycles. The lowest BCUT2D eigenvalue weighted by atomic mass is 9.76. The summed E-state index contributed by atoms with van der Waals surface area (Å²) in [4.78, 5) is 12.8. The van der Waals surface area contributed by atoms with Gasteiger partial charge < -0.3 is 9.47 Å². The van der Waals surface area contributed by atoms with Gasteiger partial charge in [0.25, 0.3) is 0 Å². The van der Waals surface area contributed by atoms with Crippen molar-refractivity contribution in [1.29, 1.82) is 0 Å². The molecule has 0 saturated heterocycles. The average molecular weight is 435 g/mol. The van der Waals surface area contributed by atoms with Crippen molar-refractivity contribution < 1.29 is 14.3 Å². The van der Waals surface area contributed by atoms with E-state index in [-0.39, 0.29) is 11.7 Å². The predicted molar refractivity (Wildman–Crippen MR) is 135 cm³/mol. The van der Waals surface area contributed by atoms with Crippen LogP contribution in [0.3, 0.4) is 0 Å². The smallest absolute Gasteiger partial charge is 0.163 e. The fourth-order valence-electron chi connectivity index (χ4n) is 4.79. The van der Waals surface area contributed by atoms with Crippen LogP contribution in [0, 0.1) is 0 Å². The van der Waals surface area contributed by atoms with E-state index in [1.165, 1.54) is 5.56 Å². The molecule has 1 aliphatic rings. The van der Waals surface area contributed by atoms with Gasteiger partial charge in [0.1, 0.15) is 24.7 Å². The van der Waals surface area contributed by atoms with Crippen LogP contribution in [-0.2, 0) is 0 Å². The Morgan fingerprint density at radius 2 is 1.42 bits per heavy atom. The molecule has 0 heterocycles. The summed E-state index contributed by atoms with van der Waals surface area (Å²) in [5.74, 6) is 2.04. The molecule has 1 unspecified atom stereocenters. The standard InChI is InChI=1S/C30H26O3/c1-3-15-32-24-9-7-20-17-22(6-5-21(20)18-24)27-13-14-29(31)28-11-8-23-19-25(33-16-4-2)10-12-26(23)30(27)28/h3-12,17-19,27H,1-2,13-16H2. The van der Waals surface area contributed by atoms with E-state index in [1.807, 2.05) is 30.3 Å². The number of hydrogen-bond donors (Lipinski definition) is 0. The predicted octanol–water partition coefficient (Wildman–Crippen LogP) is 7.23. The molecule has 0 fully saturated rings. The molecule has 0 aromatic heterocycles. The Labute approximate surface area is 194 Å². The normalized spacial score (nSPS) is 15.3. The first kappa shape index (κ1) is 21.0. The fraction of sp³-hybridized carbons (Fsp3) is 0.167. The lowest BCUT2D eigenvalue weighted by molar-refractivity contribution is 0.0970. The second-order valence-corrected chi connectivity index (χ2v) is 8.39. The van der Waals surface area contributed by atoms with E-state index in [1.54, 1.807) is 12.2 Å². The molecule has 0 radical (unpaired) electrons. The third kappa shape index (κ3) is 4.03. The molecule has 1 aliphatic carbocycles. The minimum absolute atomic E-state index is 0.169. The van der Waals surface area contributed by atoms with Crippen LogP contribution in [0.5, 0.6) is 11.5 Å². The van der Waals surface area contributed by atoms with Crippen molar-refractivity contribution in [3.8, 4) is 11.5 Å². The Morgan fingerprint density at radius 3 is 2.18 bits per heavy atom. The summed E-state index contributed by atoms with van der Waals surface area (Å²) in [6.45, 7) is 8.38. The van der Waals surface area contributed by atoms with Crippen LogP contribution in [-0.4, -0.2) is 19.0 Å².